The number of hydrogen-bond acceptors (Lipinski definition) is 4. The highest BCUT2D eigenvalue weighted by molar-refractivity contribution is 5.05. The largest absolute Gasteiger partial charge is 0.360 e. The average Bonchev–Trinajstić information content (AvgIpc) is 2.94. The molecule has 0 bridgehead atoms. The van der Waals surface area contributed by atoms with E-state index in [2.05, 4.69) is 49.1 Å². The molecular formula is C17H31N3O. The summed E-state index contributed by atoms with van der Waals surface area (Å²) in [4.78, 5) is 2.50. The molecule has 0 atom stereocenters. The van der Waals surface area contributed by atoms with Crippen LogP contribution in [0.1, 0.15) is 64.8 Å². The second-order valence-corrected chi connectivity index (χ2v) is 6.80. The van der Waals surface area contributed by atoms with E-state index >= 15 is 0 Å². The lowest BCUT2D eigenvalue weighted by Crippen LogP contribution is -2.39. The summed E-state index contributed by atoms with van der Waals surface area (Å²) in [6.45, 7) is 13.0. The number of likely N-dealkylation sites (tertiary alicyclic amines) is 1. The summed E-state index contributed by atoms with van der Waals surface area (Å²) in [6, 6.07) is 2.57. The van der Waals surface area contributed by atoms with Gasteiger partial charge in [0.25, 0.3) is 0 Å². The molecule has 0 saturated carbocycles. The molecule has 1 aromatic heterocycles. The normalized spacial score (nSPS) is 19.3. The van der Waals surface area contributed by atoms with E-state index in [1.165, 1.54) is 38.8 Å². The van der Waals surface area contributed by atoms with Crippen LogP contribution in [0.4, 0.5) is 0 Å². The van der Waals surface area contributed by atoms with Gasteiger partial charge in [0.2, 0.25) is 0 Å². The topological polar surface area (TPSA) is 41.3 Å². The number of hydrogen-bond donors (Lipinski definition) is 1. The molecule has 1 aliphatic heterocycles. The number of aromatic nitrogens is 1. The van der Waals surface area contributed by atoms with Gasteiger partial charge in [-0.25, -0.2) is 0 Å². The van der Waals surface area contributed by atoms with Gasteiger partial charge in [0.15, 0.2) is 5.76 Å². The van der Waals surface area contributed by atoms with Gasteiger partial charge in [0, 0.05) is 18.7 Å². The first-order valence-corrected chi connectivity index (χ1v) is 8.47. The molecule has 2 rings (SSSR count). The van der Waals surface area contributed by atoms with Crippen molar-refractivity contribution in [2.24, 2.45) is 5.41 Å². The van der Waals surface area contributed by atoms with Gasteiger partial charge in [0.05, 0.1) is 12.2 Å². The fourth-order valence-electron chi connectivity index (χ4n) is 3.19. The molecule has 0 unspecified atom stereocenters. The van der Waals surface area contributed by atoms with Gasteiger partial charge >= 0.3 is 0 Å². The van der Waals surface area contributed by atoms with Crippen LogP contribution in [0.5, 0.6) is 0 Å². The van der Waals surface area contributed by atoms with Crippen LogP contribution >= 0.6 is 0 Å². The Hall–Kier alpha value is -0.870. The summed E-state index contributed by atoms with van der Waals surface area (Å²) in [5, 5.41) is 7.52. The van der Waals surface area contributed by atoms with Gasteiger partial charge in [-0.2, -0.15) is 0 Å². The first-order chi connectivity index (χ1) is 10.1. The molecule has 120 valence electrons. The molecule has 1 N–H and O–H groups in total. The van der Waals surface area contributed by atoms with Crippen molar-refractivity contribution in [3.05, 3.63) is 17.5 Å². The molecule has 0 radical (unpaired) electrons. The van der Waals surface area contributed by atoms with E-state index in [1.807, 2.05) is 0 Å². The lowest BCUT2D eigenvalue weighted by molar-refractivity contribution is 0.0847. The van der Waals surface area contributed by atoms with Crippen molar-refractivity contribution in [2.45, 2.75) is 72.5 Å². The predicted molar refractivity (Wildman–Crippen MR) is 86.0 cm³/mol. The van der Waals surface area contributed by atoms with Gasteiger partial charge in [-0.3, -0.25) is 4.90 Å². The Morgan fingerprint density at radius 1 is 1.29 bits per heavy atom. The van der Waals surface area contributed by atoms with Crippen LogP contribution < -0.4 is 5.32 Å². The third-order valence-corrected chi connectivity index (χ3v) is 5.10. The first-order valence-electron chi connectivity index (χ1n) is 8.47. The van der Waals surface area contributed by atoms with E-state index < -0.39 is 0 Å². The van der Waals surface area contributed by atoms with Crippen LogP contribution in [0.2, 0.25) is 0 Å². The molecule has 1 saturated heterocycles. The third-order valence-electron chi connectivity index (χ3n) is 5.10. The van der Waals surface area contributed by atoms with E-state index in [-0.39, 0.29) is 0 Å². The lowest BCUT2D eigenvalue weighted by Gasteiger charge is -2.40. The maximum Gasteiger partial charge on any atom is 0.151 e. The van der Waals surface area contributed by atoms with E-state index in [0.29, 0.717) is 11.5 Å². The highest BCUT2D eigenvalue weighted by Crippen LogP contribution is 2.38. The number of nitrogens with one attached hydrogen (secondary N) is 1. The van der Waals surface area contributed by atoms with Crippen LogP contribution in [0.15, 0.2) is 10.6 Å². The van der Waals surface area contributed by atoms with Gasteiger partial charge in [0.1, 0.15) is 0 Å². The average molecular weight is 293 g/mol. The van der Waals surface area contributed by atoms with Crippen molar-refractivity contribution in [1.29, 1.82) is 0 Å². The molecule has 1 fully saturated rings. The molecule has 1 aromatic rings. The molecule has 0 aliphatic carbocycles. The van der Waals surface area contributed by atoms with Crippen molar-refractivity contribution in [1.82, 2.24) is 15.4 Å². The highest BCUT2D eigenvalue weighted by atomic mass is 16.5. The second-order valence-electron chi connectivity index (χ2n) is 6.80. The van der Waals surface area contributed by atoms with Crippen LogP contribution in [-0.4, -0.2) is 29.2 Å². The Bertz CT molecular complexity index is 413. The third kappa shape index (κ3) is 4.55. The minimum Gasteiger partial charge on any atom is -0.360 e. The summed E-state index contributed by atoms with van der Waals surface area (Å²) in [5.41, 5.74) is 1.59. The Morgan fingerprint density at radius 3 is 2.52 bits per heavy atom. The van der Waals surface area contributed by atoms with E-state index in [0.717, 1.165) is 24.5 Å². The Balaban J connectivity index is 1.81. The van der Waals surface area contributed by atoms with Crippen molar-refractivity contribution in [3.8, 4) is 0 Å². The number of nitrogens with zero attached hydrogens (tertiary/aromatic N) is 2. The maximum absolute atomic E-state index is 5.47. The molecule has 0 amide bonds. The van der Waals surface area contributed by atoms with Crippen molar-refractivity contribution in [3.63, 3.8) is 0 Å². The van der Waals surface area contributed by atoms with Gasteiger partial charge in [-0.15, -0.1) is 0 Å². The van der Waals surface area contributed by atoms with Crippen molar-refractivity contribution in [2.75, 3.05) is 13.1 Å². The van der Waals surface area contributed by atoms with Gasteiger partial charge in [-0.05, 0) is 31.3 Å². The maximum atomic E-state index is 5.47. The summed E-state index contributed by atoms with van der Waals surface area (Å²) in [7, 11) is 0. The zero-order valence-corrected chi connectivity index (χ0v) is 14.1. The second kappa shape index (κ2) is 7.41. The minimum absolute atomic E-state index is 0.475. The quantitative estimate of drug-likeness (QED) is 0.834. The summed E-state index contributed by atoms with van der Waals surface area (Å²) in [6.07, 6.45) is 5.25. The smallest absolute Gasteiger partial charge is 0.151 e. The van der Waals surface area contributed by atoms with Crippen molar-refractivity contribution >= 4 is 0 Å². The standard InChI is InChI=1S/C17H31N3O/c1-5-17(6-2)7-9-20(10-8-17)13-16-11-15(19-21-16)12-18-14(3)4/h11,14,18H,5-10,12-13H2,1-4H3. The number of rotatable bonds is 7. The Labute approximate surface area is 129 Å². The van der Waals surface area contributed by atoms with E-state index in [9.17, 15) is 0 Å². The fourth-order valence-corrected chi connectivity index (χ4v) is 3.19. The molecule has 0 aromatic carbocycles. The summed E-state index contributed by atoms with van der Waals surface area (Å²) in [5.74, 6) is 0.996. The van der Waals surface area contributed by atoms with Gasteiger partial charge in [-0.1, -0.05) is 45.7 Å². The van der Waals surface area contributed by atoms with Crippen LogP contribution in [0, 0.1) is 5.41 Å². The molecule has 0 spiro atoms. The molecule has 21 heavy (non-hydrogen) atoms. The minimum atomic E-state index is 0.475. The summed E-state index contributed by atoms with van der Waals surface area (Å²) < 4.78 is 5.47. The molecule has 1 aliphatic rings. The van der Waals surface area contributed by atoms with Crippen LogP contribution in [0.25, 0.3) is 0 Å². The van der Waals surface area contributed by atoms with Gasteiger partial charge < -0.3 is 9.84 Å². The van der Waals surface area contributed by atoms with E-state index in [1.54, 1.807) is 0 Å². The SMILES string of the molecule is CCC1(CC)CCN(Cc2cc(CNC(C)C)no2)CC1. The Morgan fingerprint density at radius 2 is 1.95 bits per heavy atom. The van der Waals surface area contributed by atoms with Crippen LogP contribution in [-0.2, 0) is 13.1 Å². The molecule has 4 heteroatoms. The predicted octanol–water partition coefficient (Wildman–Crippen LogP) is 3.57. The zero-order chi connectivity index (χ0) is 15.3. The first kappa shape index (κ1) is 16.5. The monoisotopic (exact) mass is 293 g/mol. The lowest BCUT2D eigenvalue weighted by atomic mass is 9.74. The fraction of sp³-hybridized carbons (Fsp3) is 0.824. The van der Waals surface area contributed by atoms with E-state index in [4.69, 9.17) is 4.52 Å². The van der Waals surface area contributed by atoms with Crippen LogP contribution in [0.3, 0.4) is 0 Å². The molecule has 4 nitrogen and oxygen atoms in total. The number of piperidine rings is 1. The molecular weight excluding hydrogens is 262 g/mol. The van der Waals surface area contributed by atoms with Crippen molar-refractivity contribution < 1.29 is 4.52 Å². The highest BCUT2D eigenvalue weighted by Gasteiger charge is 2.31. The zero-order valence-electron chi connectivity index (χ0n) is 14.1. The summed E-state index contributed by atoms with van der Waals surface area (Å²) >= 11 is 0. The molecule has 2 heterocycles. The Kier molecular flexibility index (Phi) is 5.82.